The van der Waals surface area contributed by atoms with Gasteiger partial charge in [-0.05, 0) is 44.1 Å². The average molecular weight is 492 g/mol. The summed E-state index contributed by atoms with van der Waals surface area (Å²) in [5.74, 6) is 0.430. The van der Waals surface area contributed by atoms with Crippen molar-refractivity contribution in [3.05, 3.63) is 42.1 Å². The molecule has 34 heavy (non-hydrogen) atoms. The summed E-state index contributed by atoms with van der Waals surface area (Å²) in [5.41, 5.74) is 0.255. The Labute approximate surface area is 198 Å². The van der Waals surface area contributed by atoms with Crippen LogP contribution in [0, 0.1) is 0 Å². The fourth-order valence-corrected chi connectivity index (χ4v) is 4.84. The van der Waals surface area contributed by atoms with Crippen LogP contribution in [-0.4, -0.2) is 48.6 Å². The smallest absolute Gasteiger partial charge is 0.367 e. The van der Waals surface area contributed by atoms with Gasteiger partial charge in [-0.1, -0.05) is 37.8 Å². The molecule has 1 fully saturated rings. The number of anilines is 1. The van der Waals surface area contributed by atoms with Crippen LogP contribution in [0.1, 0.15) is 18.4 Å². The van der Waals surface area contributed by atoms with E-state index in [1.165, 1.54) is 6.07 Å². The Morgan fingerprint density at radius 2 is 1.91 bits per heavy atom. The predicted octanol–water partition coefficient (Wildman–Crippen LogP) is 5.59. The molecular formula is C24H32F3N5OSi. The second kappa shape index (κ2) is 10.0. The summed E-state index contributed by atoms with van der Waals surface area (Å²) in [6.45, 7) is 9.36. The van der Waals surface area contributed by atoms with Crippen LogP contribution < -0.4 is 10.6 Å². The van der Waals surface area contributed by atoms with Gasteiger partial charge < -0.3 is 15.4 Å². The van der Waals surface area contributed by atoms with E-state index >= 15 is 0 Å². The molecule has 2 N–H and O–H groups in total. The van der Waals surface area contributed by atoms with E-state index in [1.807, 2.05) is 18.2 Å². The Balaban J connectivity index is 1.69. The summed E-state index contributed by atoms with van der Waals surface area (Å²) in [7, 11) is -1.25. The number of nitrogens with zero attached hydrogens (tertiary/aromatic N) is 3. The van der Waals surface area contributed by atoms with Gasteiger partial charge in [0.2, 0.25) is 0 Å². The van der Waals surface area contributed by atoms with E-state index in [1.54, 1.807) is 10.7 Å². The lowest BCUT2D eigenvalue weighted by molar-refractivity contribution is -0.137. The SMILES string of the molecule is C[Si](C)(C)CCOCn1nc(-c2cc(NC3CCNCC3)ncc2C(F)(F)F)c2ccccc21. The first-order chi connectivity index (χ1) is 16.1. The van der Waals surface area contributed by atoms with Gasteiger partial charge in [0, 0.05) is 37.9 Å². The second-order valence-corrected chi connectivity index (χ2v) is 15.6. The van der Waals surface area contributed by atoms with Crippen molar-refractivity contribution in [2.45, 2.75) is 57.5 Å². The lowest BCUT2D eigenvalue weighted by Crippen LogP contribution is -2.35. The third kappa shape index (κ3) is 5.97. The number of piperidine rings is 1. The van der Waals surface area contributed by atoms with E-state index in [9.17, 15) is 13.2 Å². The molecular weight excluding hydrogens is 459 g/mol. The molecule has 0 saturated carbocycles. The van der Waals surface area contributed by atoms with E-state index < -0.39 is 19.8 Å². The first kappa shape index (κ1) is 24.7. The van der Waals surface area contributed by atoms with Gasteiger partial charge in [-0.3, -0.25) is 0 Å². The molecule has 2 aromatic heterocycles. The number of aromatic nitrogens is 3. The summed E-state index contributed by atoms with van der Waals surface area (Å²) in [5, 5.41) is 11.8. The van der Waals surface area contributed by atoms with Crippen molar-refractivity contribution in [2.24, 2.45) is 0 Å². The van der Waals surface area contributed by atoms with Crippen LogP contribution in [-0.2, 0) is 17.6 Å². The number of nitrogens with one attached hydrogen (secondary N) is 2. The molecule has 184 valence electrons. The number of hydrogen-bond donors (Lipinski definition) is 2. The van der Waals surface area contributed by atoms with E-state index in [0.29, 0.717) is 17.8 Å². The molecule has 0 radical (unpaired) electrons. The minimum absolute atomic E-state index is 0.0241. The summed E-state index contributed by atoms with van der Waals surface area (Å²) >= 11 is 0. The van der Waals surface area contributed by atoms with E-state index in [0.717, 1.165) is 43.7 Å². The fraction of sp³-hybridized carbons (Fsp3) is 0.500. The van der Waals surface area contributed by atoms with E-state index in [4.69, 9.17) is 4.74 Å². The minimum Gasteiger partial charge on any atom is -0.367 e. The molecule has 1 aliphatic heterocycles. The van der Waals surface area contributed by atoms with Crippen LogP contribution in [0.4, 0.5) is 19.0 Å². The number of fused-ring (bicyclic) bond motifs is 1. The minimum atomic E-state index is -4.55. The summed E-state index contributed by atoms with van der Waals surface area (Å²) in [6.07, 6.45) is -1.85. The zero-order valence-electron chi connectivity index (χ0n) is 19.9. The summed E-state index contributed by atoms with van der Waals surface area (Å²) < 4.78 is 49.4. The molecule has 4 rings (SSSR count). The number of hydrogen-bond acceptors (Lipinski definition) is 5. The summed E-state index contributed by atoms with van der Waals surface area (Å²) in [4.78, 5) is 4.09. The normalized spacial score (nSPS) is 15.7. The van der Waals surface area contributed by atoms with Crippen molar-refractivity contribution < 1.29 is 17.9 Å². The van der Waals surface area contributed by atoms with Crippen LogP contribution in [0.5, 0.6) is 0 Å². The van der Waals surface area contributed by atoms with Crippen molar-refractivity contribution in [2.75, 3.05) is 25.0 Å². The summed E-state index contributed by atoms with van der Waals surface area (Å²) in [6, 6.07) is 9.99. The topological polar surface area (TPSA) is 64.0 Å². The van der Waals surface area contributed by atoms with Gasteiger partial charge in [0.25, 0.3) is 0 Å². The van der Waals surface area contributed by atoms with Crippen LogP contribution in [0.25, 0.3) is 22.2 Å². The number of alkyl halides is 3. The first-order valence-electron chi connectivity index (χ1n) is 11.7. The highest BCUT2D eigenvalue weighted by molar-refractivity contribution is 6.76. The third-order valence-electron chi connectivity index (χ3n) is 6.02. The zero-order valence-corrected chi connectivity index (χ0v) is 20.9. The maximum absolute atomic E-state index is 14.0. The van der Waals surface area contributed by atoms with E-state index in [2.05, 4.69) is 40.4 Å². The third-order valence-corrected chi connectivity index (χ3v) is 7.73. The zero-order chi connectivity index (χ0) is 24.3. The quantitative estimate of drug-likeness (QED) is 0.318. The van der Waals surface area contributed by atoms with Gasteiger partial charge in [-0.2, -0.15) is 18.3 Å². The first-order valence-corrected chi connectivity index (χ1v) is 15.4. The lowest BCUT2D eigenvalue weighted by atomic mass is 10.0. The number of halogens is 3. The van der Waals surface area contributed by atoms with Crippen molar-refractivity contribution >= 4 is 24.8 Å². The monoisotopic (exact) mass is 491 g/mol. The van der Waals surface area contributed by atoms with Gasteiger partial charge in [0.15, 0.2) is 0 Å². The number of rotatable bonds is 8. The Morgan fingerprint density at radius 3 is 2.62 bits per heavy atom. The van der Waals surface area contributed by atoms with Gasteiger partial charge in [0.1, 0.15) is 18.2 Å². The van der Waals surface area contributed by atoms with Crippen molar-refractivity contribution in [1.29, 1.82) is 0 Å². The lowest BCUT2D eigenvalue weighted by Gasteiger charge is -2.24. The van der Waals surface area contributed by atoms with Crippen LogP contribution in [0.3, 0.4) is 0 Å². The highest BCUT2D eigenvalue weighted by atomic mass is 28.3. The maximum Gasteiger partial charge on any atom is 0.418 e. The molecule has 1 saturated heterocycles. The van der Waals surface area contributed by atoms with Gasteiger partial charge in [-0.15, -0.1) is 0 Å². The van der Waals surface area contributed by atoms with Crippen molar-refractivity contribution in [3.8, 4) is 11.3 Å². The number of pyridine rings is 1. The van der Waals surface area contributed by atoms with Gasteiger partial charge in [-0.25, -0.2) is 9.67 Å². The molecule has 10 heteroatoms. The van der Waals surface area contributed by atoms with Crippen molar-refractivity contribution in [3.63, 3.8) is 0 Å². The molecule has 6 nitrogen and oxygen atoms in total. The fourth-order valence-electron chi connectivity index (χ4n) is 4.09. The predicted molar refractivity (Wildman–Crippen MR) is 132 cm³/mol. The molecule has 3 aromatic rings. The molecule has 3 heterocycles. The van der Waals surface area contributed by atoms with Gasteiger partial charge >= 0.3 is 6.18 Å². The van der Waals surface area contributed by atoms with Crippen LogP contribution in [0.15, 0.2) is 36.5 Å². The molecule has 0 spiro atoms. The molecule has 0 amide bonds. The number of para-hydroxylation sites is 1. The average Bonchev–Trinajstić information content (AvgIpc) is 3.15. The highest BCUT2D eigenvalue weighted by Gasteiger charge is 2.36. The highest BCUT2D eigenvalue weighted by Crippen LogP contribution is 2.39. The number of ether oxygens (including phenoxy) is 1. The van der Waals surface area contributed by atoms with E-state index in [-0.39, 0.29) is 24.0 Å². The van der Waals surface area contributed by atoms with Crippen molar-refractivity contribution in [1.82, 2.24) is 20.1 Å². The maximum atomic E-state index is 14.0. The molecule has 0 atom stereocenters. The molecule has 1 aromatic carbocycles. The van der Waals surface area contributed by atoms with Crippen LogP contribution in [0.2, 0.25) is 25.7 Å². The Kier molecular flexibility index (Phi) is 7.30. The Hall–Kier alpha value is -2.43. The second-order valence-electron chi connectivity index (χ2n) is 9.99. The Bertz CT molecular complexity index is 1120. The standard InChI is InChI=1S/C24H32F3N5OSi/c1-34(2,3)13-12-33-16-32-21-7-5-4-6-18(21)23(31-32)19-14-22(29-15-20(19)24(25,26)27)30-17-8-10-28-11-9-17/h4-7,14-15,17,28H,8-13,16H2,1-3H3,(H,29,30). The Morgan fingerprint density at radius 1 is 1.18 bits per heavy atom. The van der Waals surface area contributed by atoms with Gasteiger partial charge in [0.05, 0.1) is 11.1 Å². The number of benzene rings is 1. The molecule has 0 aliphatic carbocycles. The molecule has 1 aliphatic rings. The largest absolute Gasteiger partial charge is 0.418 e. The molecule has 0 bridgehead atoms. The van der Waals surface area contributed by atoms with Crippen LogP contribution >= 0.6 is 0 Å². The molecule has 0 unspecified atom stereocenters.